The van der Waals surface area contributed by atoms with Crippen molar-refractivity contribution in [2.24, 2.45) is 5.90 Å². The number of thioether (sulfide) groups is 1. The highest BCUT2D eigenvalue weighted by atomic mass is 32.2. The first-order chi connectivity index (χ1) is 13.7. The summed E-state index contributed by atoms with van der Waals surface area (Å²) in [6, 6.07) is 8.57. The maximum absolute atomic E-state index is 13.3. The molecule has 2 aromatic rings. The van der Waals surface area contributed by atoms with Crippen molar-refractivity contribution >= 4 is 29.0 Å². The monoisotopic (exact) mass is 421 g/mol. The molecule has 0 saturated carbocycles. The Morgan fingerprint density at radius 2 is 1.83 bits per heavy atom. The number of carbonyl (C=O) groups is 2. The first-order valence-corrected chi connectivity index (χ1v) is 8.58. The number of halogens is 3. The molecule has 0 aliphatic carbocycles. The second kappa shape index (κ2) is 7.86. The molecule has 0 aromatic heterocycles. The average Bonchev–Trinajstić information content (AvgIpc) is 2.99. The van der Waals surface area contributed by atoms with E-state index in [1.165, 1.54) is 30.3 Å². The van der Waals surface area contributed by atoms with E-state index in [0.717, 1.165) is 6.07 Å². The van der Waals surface area contributed by atoms with E-state index in [1.54, 1.807) is 6.07 Å². The van der Waals surface area contributed by atoms with Crippen molar-refractivity contribution in [3.8, 4) is 23.3 Å². The molecular formula is C18H10F3N3O4S. The number of ether oxygens (including phenoxy) is 1. The second-order valence-electron chi connectivity index (χ2n) is 5.60. The maximum Gasteiger partial charge on any atom is 0.420 e. The SMILES string of the molecule is N#Cc1ccc(Oc2ccc(/C=C3\SC(=O)NC3=O)cc2ON)c(C(F)(F)F)c1. The number of nitrogens with zero attached hydrogens (tertiary/aromatic N) is 1. The Morgan fingerprint density at radius 3 is 2.41 bits per heavy atom. The van der Waals surface area contributed by atoms with Gasteiger partial charge in [-0.3, -0.25) is 14.9 Å². The number of amides is 2. The number of rotatable bonds is 4. The van der Waals surface area contributed by atoms with Crippen LogP contribution < -0.4 is 20.8 Å². The minimum absolute atomic E-state index is 0.105. The van der Waals surface area contributed by atoms with Crippen molar-refractivity contribution in [2.45, 2.75) is 6.18 Å². The van der Waals surface area contributed by atoms with Crippen LogP contribution in [0, 0.1) is 11.3 Å². The molecule has 0 atom stereocenters. The fraction of sp³-hybridized carbons (Fsp3) is 0.0556. The van der Waals surface area contributed by atoms with Crippen LogP contribution in [-0.4, -0.2) is 11.1 Å². The zero-order chi connectivity index (χ0) is 21.2. The topological polar surface area (TPSA) is 114 Å². The molecule has 29 heavy (non-hydrogen) atoms. The molecule has 1 aliphatic heterocycles. The summed E-state index contributed by atoms with van der Waals surface area (Å²) in [4.78, 5) is 27.6. The molecule has 148 valence electrons. The molecule has 7 nitrogen and oxygen atoms in total. The van der Waals surface area contributed by atoms with Crippen LogP contribution in [0.3, 0.4) is 0 Å². The molecule has 3 N–H and O–H groups in total. The number of hydrogen-bond donors (Lipinski definition) is 2. The van der Waals surface area contributed by atoms with E-state index in [0.29, 0.717) is 23.4 Å². The van der Waals surface area contributed by atoms with Crippen LogP contribution in [0.25, 0.3) is 6.08 Å². The fourth-order valence-corrected chi connectivity index (χ4v) is 3.07. The quantitative estimate of drug-likeness (QED) is 0.568. The predicted molar refractivity (Wildman–Crippen MR) is 96.6 cm³/mol. The molecule has 0 unspecified atom stereocenters. The van der Waals surface area contributed by atoms with E-state index in [-0.39, 0.29) is 22.0 Å². The number of benzene rings is 2. The number of nitrogens with two attached hydrogens (primary N) is 1. The number of nitriles is 1. The molecule has 11 heteroatoms. The molecule has 2 aromatic carbocycles. The van der Waals surface area contributed by atoms with Gasteiger partial charge >= 0.3 is 6.18 Å². The lowest BCUT2D eigenvalue weighted by Crippen LogP contribution is -2.17. The minimum Gasteiger partial charge on any atom is -0.453 e. The van der Waals surface area contributed by atoms with Gasteiger partial charge < -0.3 is 9.57 Å². The summed E-state index contributed by atoms with van der Waals surface area (Å²) < 4.78 is 45.2. The van der Waals surface area contributed by atoms with Gasteiger partial charge in [-0.2, -0.15) is 24.3 Å². The smallest absolute Gasteiger partial charge is 0.420 e. The van der Waals surface area contributed by atoms with Gasteiger partial charge in [-0.15, -0.1) is 0 Å². The molecule has 0 radical (unpaired) electrons. The van der Waals surface area contributed by atoms with Crippen molar-refractivity contribution in [1.82, 2.24) is 5.32 Å². The Hall–Kier alpha value is -3.49. The number of imide groups is 1. The van der Waals surface area contributed by atoms with Crippen LogP contribution in [0.15, 0.2) is 41.3 Å². The molecule has 0 bridgehead atoms. The first kappa shape index (κ1) is 20.2. The van der Waals surface area contributed by atoms with Crippen LogP contribution >= 0.6 is 11.8 Å². The van der Waals surface area contributed by atoms with E-state index in [4.69, 9.17) is 15.9 Å². The molecule has 0 spiro atoms. The Kier molecular flexibility index (Phi) is 5.49. The summed E-state index contributed by atoms with van der Waals surface area (Å²) in [5, 5.41) is 10.4. The molecule has 1 fully saturated rings. The molecule has 2 amide bonds. The van der Waals surface area contributed by atoms with Crippen LogP contribution in [0.2, 0.25) is 0 Å². The molecule has 1 heterocycles. The van der Waals surface area contributed by atoms with Gasteiger partial charge in [0.25, 0.3) is 11.1 Å². The summed E-state index contributed by atoms with van der Waals surface area (Å²) >= 11 is 0.704. The van der Waals surface area contributed by atoms with E-state index in [2.05, 4.69) is 10.2 Å². The lowest BCUT2D eigenvalue weighted by Gasteiger charge is -2.15. The zero-order valence-corrected chi connectivity index (χ0v) is 15.1. The van der Waals surface area contributed by atoms with Crippen molar-refractivity contribution in [1.29, 1.82) is 5.26 Å². The van der Waals surface area contributed by atoms with E-state index in [9.17, 15) is 22.8 Å². The second-order valence-corrected chi connectivity index (χ2v) is 6.61. The van der Waals surface area contributed by atoms with Gasteiger partial charge in [0.1, 0.15) is 5.75 Å². The minimum atomic E-state index is -4.75. The standard InChI is InChI=1S/C18H10F3N3O4S/c19-18(20,21)11-5-10(8-22)2-3-12(11)27-13-4-1-9(6-14(13)28-23)7-15-16(25)24-17(26)29-15/h1-7H,23H2,(H,24,25,26)/b15-7-. The highest BCUT2D eigenvalue weighted by Crippen LogP contribution is 2.41. The highest BCUT2D eigenvalue weighted by molar-refractivity contribution is 8.18. The maximum atomic E-state index is 13.3. The van der Waals surface area contributed by atoms with Gasteiger partial charge in [-0.25, -0.2) is 0 Å². The molecule has 1 saturated heterocycles. The van der Waals surface area contributed by atoms with Crippen molar-refractivity contribution in [3.05, 3.63) is 58.0 Å². The molecular weight excluding hydrogens is 411 g/mol. The van der Waals surface area contributed by atoms with Crippen molar-refractivity contribution in [2.75, 3.05) is 0 Å². The van der Waals surface area contributed by atoms with Crippen molar-refractivity contribution in [3.63, 3.8) is 0 Å². The Labute approximate surface area is 165 Å². The van der Waals surface area contributed by atoms with Gasteiger partial charge in [0.2, 0.25) is 0 Å². The Morgan fingerprint density at radius 1 is 1.10 bits per heavy atom. The summed E-state index contributed by atoms with van der Waals surface area (Å²) in [5.74, 6) is 3.86. The first-order valence-electron chi connectivity index (χ1n) is 7.76. The van der Waals surface area contributed by atoms with Crippen LogP contribution in [0.5, 0.6) is 17.2 Å². The van der Waals surface area contributed by atoms with Gasteiger partial charge in [-0.05, 0) is 53.7 Å². The number of carbonyl (C=O) groups excluding carboxylic acids is 2. The lowest BCUT2D eigenvalue weighted by molar-refractivity contribution is -0.138. The van der Waals surface area contributed by atoms with Gasteiger partial charge in [0.15, 0.2) is 11.5 Å². The Bertz CT molecular complexity index is 1080. The molecule has 3 rings (SSSR count). The van der Waals surface area contributed by atoms with E-state index >= 15 is 0 Å². The van der Waals surface area contributed by atoms with Crippen molar-refractivity contribution < 1.29 is 32.3 Å². The Balaban J connectivity index is 1.95. The zero-order valence-electron chi connectivity index (χ0n) is 14.2. The summed E-state index contributed by atoms with van der Waals surface area (Å²) in [6.07, 6.45) is -3.37. The van der Waals surface area contributed by atoms with Gasteiger partial charge in [0, 0.05) is 0 Å². The summed E-state index contributed by atoms with van der Waals surface area (Å²) in [6.45, 7) is 0. The number of alkyl halides is 3. The third-order valence-corrected chi connectivity index (χ3v) is 4.48. The lowest BCUT2D eigenvalue weighted by atomic mass is 10.1. The predicted octanol–water partition coefficient (Wildman–Crippen LogP) is 3.95. The average molecular weight is 421 g/mol. The van der Waals surface area contributed by atoms with E-state index < -0.39 is 28.6 Å². The van der Waals surface area contributed by atoms with E-state index in [1.807, 2.05) is 0 Å². The fourth-order valence-electron chi connectivity index (χ4n) is 2.39. The van der Waals surface area contributed by atoms with Crippen LogP contribution in [0.1, 0.15) is 16.7 Å². The summed E-state index contributed by atoms with van der Waals surface area (Å²) in [5.41, 5.74) is -0.909. The highest BCUT2D eigenvalue weighted by Gasteiger charge is 2.35. The van der Waals surface area contributed by atoms with Gasteiger partial charge in [-0.1, -0.05) is 6.07 Å². The van der Waals surface area contributed by atoms with Crippen LogP contribution in [-0.2, 0) is 11.0 Å². The van der Waals surface area contributed by atoms with Gasteiger partial charge in [0.05, 0.1) is 22.1 Å². The third-order valence-electron chi connectivity index (χ3n) is 3.67. The largest absolute Gasteiger partial charge is 0.453 e. The number of nitrogens with one attached hydrogen (secondary N) is 1. The normalized spacial score (nSPS) is 15.2. The number of hydrogen-bond acceptors (Lipinski definition) is 7. The third kappa shape index (κ3) is 4.50. The summed E-state index contributed by atoms with van der Waals surface area (Å²) in [7, 11) is 0. The van der Waals surface area contributed by atoms with Crippen LogP contribution in [0.4, 0.5) is 18.0 Å². The molecule has 1 aliphatic rings.